The molecule has 1 spiro atoms. The lowest BCUT2D eigenvalue weighted by Gasteiger charge is -2.34. The minimum absolute atomic E-state index is 0.115. The Labute approximate surface area is 215 Å². The number of benzene rings is 1. The topological polar surface area (TPSA) is 87.7 Å². The van der Waals surface area contributed by atoms with E-state index in [0.717, 1.165) is 38.5 Å². The fraction of sp³-hybridized carbons (Fsp3) is 0.577. The Balaban J connectivity index is 1.43. The van der Waals surface area contributed by atoms with E-state index in [1.807, 2.05) is 19.1 Å². The van der Waals surface area contributed by atoms with Gasteiger partial charge in [-0.05, 0) is 37.5 Å². The predicted octanol–water partition coefficient (Wildman–Crippen LogP) is 4.33. The highest BCUT2D eigenvalue weighted by Gasteiger charge is 2.72. The van der Waals surface area contributed by atoms with Crippen LogP contribution in [0.2, 0.25) is 10.0 Å². The molecule has 3 fully saturated rings. The summed E-state index contributed by atoms with van der Waals surface area (Å²) in [6, 6.07) is 4.13. The van der Waals surface area contributed by atoms with Crippen molar-refractivity contribution in [3.05, 3.63) is 40.4 Å². The summed E-state index contributed by atoms with van der Waals surface area (Å²) in [6.07, 6.45) is 10.0. The number of carbonyl (C=O) groups is 3. The number of hydrogen-bond acceptors (Lipinski definition) is 4. The summed E-state index contributed by atoms with van der Waals surface area (Å²) >= 11 is 12.2. The van der Waals surface area contributed by atoms with E-state index in [4.69, 9.17) is 27.9 Å². The lowest BCUT2D eigenvalue weighted by molar-refractivity contribution is -0.141. The number of nitrogens with zero attached hydrogens (tertiary/aromatic N) is 1. The van der Waals surface area contributed by atoms with E-state index in [0.29, 0.717) is 22.3 Å². The first-order valence-electron chi connectivity index (χ1n) is 12.6. The van der Waals surface area contributed by atoms with E-state index in [1.165, 1.54) is 6.42 Å². The Morgan fingerprint density at radius 3 is 2.51 bits per heavy atom. The van der Waals surface area contributed by atoms with Gasteiger partial charge in [0, 0.05) is 28.3 Å². The van der Waals surface area contributed by atoms with Crippen LogP contribution in [0.1, 0.15) is 51.9 Å². The zero-order valence-electron chi connectivity index (χ0n) is 19.8. The molecule has 188 valence electrons. The van der Waals surface area contributed by atoms with E-state index in [1.54, 1.807) is 23.1 Å². The molecule has 3 heterocycles. The lowest BCUT2D eigenvalue weighted by atomic mass is 9.74. The van der Waals surface area contributed by atoms with E-state index < -0.39 is 29.6 Å². The molecule has 2 N–H and O–H groups in total. The molecule has 1 aliphatic carbocycles. The Morgan fingerprint density at radius 1 is 1.11 bits per heavy atom. The molecule has 3 aliphatic heterocycles. The maximum Gasteiger partial charge on any atom is 0.246 e. The molecule has 0 unspecified atom stereocenters. The summed E-state index contributed by atoms with van der Waals surface area (Å²) < 4.78 is 6.36. The smallest absolute Gasteiger partial charge is 0.246 e. The van der Waals surface area contributed by atoms with Crippen LogP contribution in [0.15, 0.2) is 30.4 Å². The molecule has 2 bridgehead atoms. The average Bonchev–Trinajstić information content (AvgIpc) is 3.45. The van der Waals surface area contributed by atoms with Crippen LogP contribution in [0, 0.1) is 11.8 Å². The standard InChI is InChI=1S/C26H31Cl2N3O4/c1-2-3-11-31-22(24(33)29-17-7-5-4-6-8-17)26-10-9-19(35-26)20(21(26)25(31)34)23(32)30-18-13-15(27)12-16(28)14-18/h9-10,12-14,17,19-22H,2-8,11H2,1H3,(H,29,33)(H,30,32)/t19-,20+,21-,22-,26-/m0/s1. The van der Waals surface area contributed by atoms with E-state index in [2.05, 4.69) is 10.6 Å². The number of fused-ring (bicyclic) bond motifs is 1. The van der Waals surface area contributed by atoms with Gasteiger partial charge in [0.1, 0.15) is 11.6 Å². The third kappa shape index (κ3) is 4.36. The summed E-state index contributed by atoms with van der Waals surface area (Å²) in [6.45, 7) is 2.50. The third-order valence-corrected chi connectivity index (χ3v) is 8.20. The van der Waals surface area contributed by atoms with Crippen molar-refractivity contribution in [3.8, 4) is 0 Å². The van der Waals surface area contributed by atoms with E-state index >= 15 is 0 Å². The van der Waals surface area contributed by atoms with Gasteiger partial charge < -0.3 is 20.3 Å². The van der Waals surface area contributed by atoms with Gasteiger partial charge in [-0.15, -0.1) is 0 Å². The predicted molar refractivity (Wildman–Crippen MR) is 134 cm³/mol. The van der Waals surface area contributed by atoms with Crippen LogP contribution in [-0.4, -0.2) is 53.0 Å². The number of nitrogens with one attached hydrogen (secondary N) is 2. The molecular weight excluding hydrogens is 489 g/mol. The molecule has 0 aromatic heterocycles. The Kier molecular flexibility index (Phi) is 6.85. The normalized spacial score (nSPS) is 31.6. The van der Waals surface area contributed by atoms with Crippen molar-refractivity contribution >= 4 is 46.6 Å². The van der Waals surface area contributed by atoms with E-state index in [-0.39, 0.29) is 23.8 Å². The number of rotatable bonds is 7. The molecule has 1 aromatic rings. The minimum Gasteiger partial charge on any atom is -0.359 e. The monoisotopic (exact) mass is 519 g/mol. The number of unbranched alkanes of at least 4 members (excludes halogenated alkanes) is 1. The van der Waals surface area contributed by atoms with Crippen LogP contribution in [0.5, 0.6) is 0 Å². The highest BCUT2D eigenvalue weighted by molar-refractivity contribution is 6.35. The number of amides is 3. The van der Waals surface area contributed by atoms with Crippen molar-refractivity contribution < 1.29 is 19.1 Å². The van der Waals surface area contributed by atoms with Gasteiger partial charge in [-0.2, -0.15) is 0 Å². The maximum atomic E-state index is 13.8. The molecule has 7 nitrogen and oxygen atoms in total. The van der Waals surface area contributed by atoms with Crippen LogP contribution < -0.4 is 10.6 Å². The zero-order chi connectivity index (χ0) is 24.7. The van der Waals surface area contributed by atoms with Gasteiger partial charge in [-0.25, -0.2) is 0 Å². The first kappa shape index (κ1) is 24.6. The molecule has 0 radical (unpaired) electrons. The van der Waals surface area contributed by atoms with Crippen molar-refractivity contribution in [1.29, 1.82) is 0 Å². The SMILES string of the molecule is CCCCN1C(=O)[C@@H]2[C@H](C(=O)Nc3cc(Cl)cc(Cl)c3)[C@@H]3C=C[C@@]2(O3)[C@@H]1C(=O)NC1CCCCC1. The van der Waals surface area contributed by atoms with Crippen molar-refractivity contribution in [2.24, 2.45) is 11.8 Å². The van der Waals surface area contributed by atoms with Gasteiger partial charge >= 0.3 is 0 Å². The number of halogens is 2. The van der Waals surface area contributed by atoms with Crippen LogP contribution >= 0.6 is 23.2 Å². The number of anilines is 1. The molecular formula is C26H31Cl2N3O4. The summed E-state index contributed by atoms with van der Waals surface area (Å²) in [5.41, 5.74) is -0.685. The maximum absolute atomic E-state index is 13.8. The number of ether oxygens (including phenoxy) is 1. The van der Waals surface area contributed by atoms with Gasteiger partial charge in [-0.1, -0.05) is 68.0 Å². The largest absolute Gasteiger partial charge is 0.359 e. The third-order valence-electron chi connectivity index (χ3n) is 7.76. The van der Waals surface area contributed by atoms with Gasteiger partial charge in [0.15, 0.2) is 0 Å². The second-order valence-corrected chi connectivity index (χ2v) is 11.0. The number of carbonyl (C=O) groups excluding carboxylic acids is 3. The highest BCUT2D eigenvalue weighted by atomic mass is 35.5. The number of likely N-dealkylation sites (tertiary alicyclic amines) is 1. The lowest BCUT2D eigenvalue weighted by Crippen LogP contribution is -2.56. The van der Waals surface area contributed by atoms with Crippen LogP contribution in [-0.2, 0) is 19.1 Å². The summed E-state index contributed by atoms with van der Waals surface area (Å²) in [4.78, 5) is 42.5. The molecule has 35 heavy (non-hydrogen) atoms. The van der Waals surface area contributed by atoms with Crippen molar-refractivity contribution in [3.63, 3.8) is 0 Å². The van der Waals surface area contributed by atoms with Crippen molar-refractivity contribution in [1.82, 2.24) is 10.2 Å². The fourth-order valence-corrected chi connectivity index (χ4v) is 6.74. The Morgan fingerprint density at radius 2 is 1.83 bits per heavy atom. The molecule has 2 saturated heterocycles. The van der Waals surface area contributed by atoms with Crippen molar-refractivity contribution in [2.45, 2.75) is 75.7 Å². The number of hydrogen-bond donors (Lipinski definition) is 2. The molecule has 5 atom stereocenters. The highest BCUT2D eigenvalue weighted by Crippen LogP contribution is 2.55. The molecule has 9 heteroatoms. The summed E-state index contributed by atoms with van der Waals surface area (Å²) in [5.74, 6) is -2.23. The summed E-state index contributed by atoms with van der Waals surface area (Å²) in [5, 5.41) is 6.85. The van der Waals surface area contributed by atoms with Gasteiger partial charge in [0.05, 0.1) is 17.9 Å². The zero-order valence-corrected chi connectivity index (χ0v) is 21.3. The average molecular weight is 520 g/mol. The fourth-order valence-electron chi connectivity index (χ4n) is 6.21. The second kappa shape index (κ2) is 9.75. The first-order valence-corrected chi connectivity index (χ1v) is 13.3. The summed E-state index contributed by atoms with van der Waals surface area (Å²) in [7, 11) is 0. The molecule has 5 rings (SSSR count). The van der Waals surface area contributed by atoms with Crippen molar-refractivity contribution in [2.75, 3.05) is 11.9 Å². The Hall–Kier alpha value is -2.09. The quantitative estimate of drug-likeness (QED) is 0.524. The van der Waals surface area contributed by atoms with Crippen LogP contribution in [0.4, 0.5) is 5.69 Å². The molecule has 3 amide bonds. The second-order valence-electron chi connectivity index (χ2n) is 10.1. The van der Waals surface area contributed by atoms with E-state index in [9.17, 15) is 14.4 Å². The van der Waals surface area contributed by atoms with Gasteiger partial charge in [0.25, 0.3) is 0 Å². The molecule has 1 saturated carbocycles. The minimum atomic E-state index is -1.14. The van der Waals surface area contributed by atoms with Gasteiger partial charge in [-0.3, -0.25) is 14.4 Å². The molecule has 1 aromatic carbocycles. The first-order chi connectivity index (χ1) is 16.8. The van der Waals surface area contributed by atoms with Crippen LogP contribution in [0.3, 0.4) is 0 Å². The molecule has 4 aliphatic rings. The van der Waals surface area contributed by atoms with Crippen LogP contribution in [0.25, 0.3) is 0 Å². The van der Waals surface area contributed by atoms with Gasteiger partial charge in [0.2, 0.25) is 17.7 Å². The Bertz CT molecular complexity index is 1040.